The molecular weight excluding hydrogens is 278 g/mol. The Kier molecular flexibility index (Phi) is 5.24. The van der Waals surface area contributed by atoms with Crippen LogP contribution >= 0.6 is 0 Å². The molecule has 1 aromatic rings. The van der Waals surface area contributed by atoms with E-state index in [-0.39, 0.29) is 0 Å². The molecule has 3 rings (SSSR count). The van der Waals surface area contributed by atoms with E-state index < -0.39 is 0 Å². The van der Waals surface area contributed by atoms with Gasteiger partial charge < -0.3 is 9.80 Å². The van der Waals surface area contributed by atoms with Crippen molar-refractivity contribution in [1.82, 2.24) is 20.7 Å². The van der Waals surface area contributed by atoms with E-state index >= 15 is 0 Å². The fourth-order valence-electron chi connectivity index (χ4n) is 3.18. The predicted octanol–water partition coefficient (Wildman–Crippen LogP) is 0.625. The summed E-state index contributed by atoms with van der Waals surface area (Å²) in [5.74, 6) is 0.990. The van der Waals surface area contributed by atoms with Crippen molar-refractivity contribution in [1.29, 1.82) is 0 Å². The van der Waals surface area contributed by atoms with Crippen molar-refractivity contribution in [2.75, 3.05) is 44.2 Å². The number of amides is 1. The Bertz CT molecular complexity index is 467. The van der Waals surface area contributed by atoms with E-state index in [1.807, 2.05) is 29.4 Å². The molecule has 0 aliphatic carbocycles. The molecule has 2 fully saturated rings. The largest absolute Gasteiger partial charge is 0.368 e. The van der Waals surface area contributed by atoms with Crippen molar-refractivity contribution in [3.05, 3.63) is 24.5 Å². The average molecular weight is 303 g/mol. The highest BCUT2D eigenvalue weighted by Gasteiger charge is 2.21. The second-order valence-electron chi connectivity index (χ2n) is 6.09. The highest BCUT2D eigenvalue weighted by Crippen LogP contribution is 2.16. The number of hydrogen-bond donors (Lipinski definition) is 2. The summed E-state index contributed by atoms with van der Waals surface area (Å²) in [5, 5.41) is 0. The number of nitrogens with zero attached hydrogens (tertiary/aromatic N) is 3. The lowest BCUT2D eigenvalue weighted by Gasteiger charge is -2.36. The smallest absolute Gasteiger partial charge is 0.222 e. The maximum atomic E-state index is 12.3. The van der Waals surface area contributed by atoms with Crippen LogP contribution in [-0.2, 0) is 4.79 Å². The van der Waals surface area contributed by atoms with Gasteiger partial charge in [-0.3, -0.25) is 20.6 Å². The lowest BCUT2D eigenvalue weighted by molar-refractivity contribution is -0.131. The maximum Gasteiger partial charge on any atom is 0.222 e. The van der Waals surface area contributed by atoms with Crippen LogP contribution in [0.5, 0.6) is 0 Å². The van der Waals surface area contributed by atoms with Crippen LogP contribution < -0.4 is 15.8 Å². The number of carbonyl (C=O) groups excluding carboxylic acids is 1. The number of pyridine rings is 1. The third-order valence-electron chi connectivity index (χ3n) is 4.57. The Labute approximate surface area is 131 Å². The average Bonchev–Trinajstić information content (AvgIpc) is 3.09. The monoisotopic (exact) mass is 303 g/mol. The van der Waals surface area contributed by atoms with E-state index in [4.69, 9.17) is 0 Å². The zero-order valence-corrected chi connectivity index (χ0v) is 13.0. The molecule has 2 saturated heterocycles. The van der Waals surface area contributed by atoms with Gasteiger partial charge in [-0.2, -0.15) is 0 Å². The standard InChI is InChI=1S/C16H25N5O/c22-16(3-1-2-14-12-18-19-13-14)21-10-8-20(9-11-21)15-4-6-17-7-5-15/h4-7,14,18-19H,1-3,8-13H2. The molecule has 0 saturated carbocycles. The molecule has 0 unspecified atom stereocenters. The number of piperazine rings is 1. The van der Waals surface area contributed by atoms with Crippen LogP contribution in [0.1, 0.15) is 19.3 Å². The molecule has 0 aromatic carbocycles. The van der Waals surface area contributed by atoms with Crippen LogP contribution in [0.25, 0.3) is 0 Å². The van der Waals surface area contributed by atoms with Crippen molar-refractivity contribution < 1.29 is 4.79 Å². The molecule has 0 bridgehead atoms. The van der Waals surface area contributed by atoms with E-state index in [0.717, 1.165) is 52.1 Å². The molecule has 0 radical (unpaired) electrons. The van der Waals surface area contributed by atoms with Gasteiger partial charge in [-0.1, -0.05) is 0 Å². The first kappa shape index (κ1) is 15.2. The summed E-state index contributed by atoms with van der Waals surface area (Å²) in [6, 6.07) is 4.06. The van der Waals surface area contributed by atoms with Gasteiger partial charge in [0.1, 0.15) is 0 Å². The zero-order chi connectivity index (χ0) is 15.2. The zero-order valence-electron chi connectivity index (χ0n) is 13.0. The topological polar surface area (TPSA) is 60.5 Å². The van der Waals surface area contributed by atoms with Gasteiger partial charge in [0.2, 0.25) is 5.91 Å². The third-order valence-corrected chi connectivity index (χ3v) is 4.57. The Balaban J connectivity index is 1.38. The highest BCUT2D eigenvalue weighted by atomic mass is 16.2. The molecular formula is C16H25N5O. The lowest BCUT2D eigenvalue weighted by Crippen LogP contribution is -2.48. The minimum absolute atomic E-state index is 0.313. The molecule has 1 aromatic heterocycles. The number of anilines is 1. The first-order chi connectivity index (χ1) is 10.8. The molecule has 2 N–H and O–H groups in total. The number of nitrogens with one attached hydrogen (secondary N) is 2. The second-order valence-corrected chi connectivity index (χ2v) is 6.09. The van der Waals surface area contributed by atoms with Gasteiger partial charge >= 0.3 is 0 Å². The van der Waals surface area contributed by atoms with E-state index in [1.54, 1.807) is 0 Å². The normalized spacial score (nSPS) is 19.6. The van der Waals surface area contributed by atoms with Gasteiger partial charge in [-0.15, -0.1) is 0 Å². The Morgan fingerprint density at radius 1 is 1.14 bits per heavy atom. The first-order valence-corrected chi connectivity index (χ1v) is 8.21. The fraction of sp³-hybridized carbons (Fsp3) is 0.625. The fourth-order valence-corrected chi connectivity index (χ4v) is 3.18. The minimum atomic E-state index is 0.313. The quantitative estimate of drug-likeness (QED) is 0.835. The van der Waals surface area contributed by atoms with Gasteiger partial charge in [0, 0.05) is 63.8 Å². The van der Waals surface area contributed by atoms with Crippen molar-refractivity contribution in [3.63, 3.8) is 0 Å². The molecule has 1 amide bonds. The van der Waals surface area contributed by atoms with Crippen LogP contribution in [0.4, 0.5) is 5.69 Å². The molecule has 0 atom stereocenters. The van der Waals surface area contributed by atoms with Crippen LogP contribution in [0.2, 0.25) is 0 Å². The van der Waals surface area contributed by atoms with E-state index in [1.165, 1.54) is 5.69 Å². The third kappa shape index (κ3) is 3.96. The van der Waals surface area contributed by atoms with Crippen molar-refractivity contribution in [3.8, 4) is 0 Å². The molecule has 3 heterocycles. The predicted molar refractivity (Wildman–Crippen MR) is 86.4 cm³/mol. The molecule has 6 nitrogen and oxygen atoms in total. The summed E-state index contributed by atoms with van der Waals surface area (Å²) in [6.07, 6.45) is 6.45. The number of rotatable bonds is 5. The van der Waals surface area contributed by atoms with Gasteiger partial charge in [-0.05, 0) is 30.9 Å². The van der Waals surface area contributed by atoms with Crippen molar-refractivity contribution in [2.45, 2.75) is 19.3 Å². The minimum Gasteiger partial charge on any atom is -0.368 e. The Hall–Kier alpha value is -1.66. The van der Waals surface area contributed by atoms with Crippen LogP contribution in [0, 0.1) is 5.92 Å². The number of hydrazine groups is 1. The van der Waals surface area contributed by atoms with Crippen molar-refractivity contribution >= 4 is 11.6 Å². The summed E-state index contributed by atoms with van der Waals surface area (Å²) in [4.78, 5) is 20.7. The molecule has 120 valence electrons. The number of hydrogen-bond acceptors (Lipinski definition) is 5. The molecule has 22 heavy (non-hydrogen) atoms. The molecule has 2 aliphatic heterocycles. The summed E-state index contributed by atoms with van der Waals surface area (Å²) < 4.78 is 0. The highest BCUT2D eigenvalue weighted by molar-refractivity contribution is 5.76. The van der Waals surface area contributed by atoms with Gasteiger partial charge in [0.15, 0.2) is 0 Å². The number of aromatic nitrogens is 1. The van der Waals surface area contributed by atoms with Gasteiger partial charge in [-0.25, -0.2) is 0 Å². The molecule has 6 heteroatoms. The summed E-state index contributed by atoms with van der Waals surface area (Å²) in [6.45, 7) is 5.53. The van der Waals surface area contributed by atoms with Gasteiger partial charge in [0.05, 0.1) is 0 Å². The Morgan fingerprint density at radius 3 is 2.50 bits per heavy atom. The molecule has 2 aliphatic rings. The summed E-state index contributed by atoms with van der Waals surface area (Å²) in [5.41, 5.74) is 7.48. The SMILES string of the molecule is O=C(CCCC1CNNC1)N1CCN(c2ccncc2)CC1. The van der Waals surface area contributed by atoms with Crippen LogP contribution in [0.3, 0.4) is 0 Å². The van der Waals surface area contributed by atoms with Crippen LogP contribution in [-0.4, -0.2) is 55.1 Å². The van der Waals surface area contributed by atoms with Crippen molar-refractivity contribution in [2.24, 2.45) is 5.92 Å². The summed E-state index contributed by atoms with van der Waals surface area (Å²) in [7, 11) is 0. The van der Waals surface area contributed by atoms with E-state index in [9.17, 15) is 4.79 Å². The van der Waals surface area contributed by atoms with E-state index in [0.29, 0.717) is 18.2 Å². The number of carbonyl (C=O) groups is 1. The lowest BCUT2D eigenvalue weighted by atomic mass is 10.0. The summed E-state index contributed by atoms with van der Waals surface area (Å²) >= 11 is 0. The second kappa shape index (κ2) is 7.56. The Morgan fingerprint density at radius 2 is 1.82 bits per heavy atom. The van der Waals surface area contributed by atoms with E-state index in [2.05, 4.69) is 20.7 Å². The molecule has 0 spiro atoms. The first-order valence-electron chi connectivity index (χ1n) is 8.21. The maximum absolute atomic E-state index is 12.3. The van der Waals surface area contributed by atoms with Crippen LogP contribution in [0.15, 0.2) is 24.5 Å². The van der Waals surface area contributed by atoms with Gasteiger partial charge in [0.25, 0.3) is 0 Å².